The minimum Gasteiger partial charge on any atom is -0.490 e. The summed E-state index contributed by atoms with van der Waals surface area (Å²) in [6.07, 6.45) is 10.2. The Morgan fingerprint density at radius 1 is 1.11 bits per heavy atom. The first-order valence-corrected chi connectivity index (χ1v) is 10.2. The van der Waals surface area contributed by atoms with Crippen molar-refractivity contribution in [3.05, 3.63) is 53.2 Å². The minimum atomic E-state index is -0.0383. The number of hydrogen-bond acceptors (Lipinski definition) is 4. The summed E-state index contributed by atoms with van der Waals surface area (Å²) in [5.41, 5.74) is 1.22. The van der Waals surface area contributed by atoms with E-state index in [1.807, 2.05) is 0 Å². The van der Waals surface area contributed by atoms with E-state index in [1.54, 1.807) is 24.0 Å². The molecular weight excluding hydrogens is 352 g/mol. The normalized spacial score (nSPS) is 18.0. The van der Waals surface area contributed by atoms with Crippen LogP contribution < -0.4 is 15.2 Å². The smallest absolute Gasteiger partial charge is 0.293 e. The van der Waals surface area contributed by atoms with Gasteiger partial charge < -0.3 is 18.8 Å². The first kappa shape index (κ1) is 17.3. The minimum absolute atomic E-state index is 0.0383. The van der Waals surface area contributed by atoms with E-state index in [9.17, 15) is 4.79 Å². The first-order valence-electron chi connectivity index (χ1n) is 10.2. The molecule has 0 bridgehead atoms. The predicted molar refractivity (Wildman–Crippen MR) is 110 cm³/mol. The third-order valence-electron chi connectivity index (χ3n) is 5.96. The summed E-state index contributed by atoms with van der Waals surface area (Å²) in [5.74, 6) is 2.37. The molecule has 0 atom stereocenters. The highest BCUT2D eigenvalue weighted by Gasteiger charge is 2.25. The lowest BCUT2D eigenvalue weighted by atomic mass is 10.1. The Labute approximate surface area is 164 Å². The summed E-state index contributed by atoms with van der Waals surface area (Å²) in [5, 5.41) is 1.20. The molecule has 2 aromatic heterocycles. The van der Waals surface area contributed by atoms with Crippen LogP contribution in [0, 0.1) is 5.92 Å². The SMILES string of the molecule is Cn1ccnc(N2CCC(Oc3cccc4c3ccn4CC3CC3)CC2)c1=O. The topological polar surface area (TPSA) is 52.3 Å². The first-order chi connectivity index (χ1) is 13.7. The van der Waals surface area contributed by atoms with Crippen molar-refractivity contribution in [1.29, 1.82) is 0 Å². The van der Waals surface area contributed by atoms with Gasteiger partial charge in [-0.05, 0) is 37.0 Å². The summed E-state index contributed by atoms with van der Waals surface area (Å²) in [7, 11) is 1.76. The zero-order valence-electron chi connectivity index (χ0n) is 16.3. The molecule has 6 heteroatoms. The van der Waals surface area contributed by atoms with Gasteiger partial charge in [-0.15, -0.1) is 0 Å². The Kier molecular flexibility index (Phi) is 4.34. The summed E-state index contributed by atoms with van der Waals surface area (Å²) in [4.78, 5) is 18.7. The lowest BCUT2D eigenvalue weighted by molar-refractivity contribution is 0.173. The molecule has 1 saturated carbocycles. The maximum absolute atomic E-state index is 12.3. The Balaban J connectivity index is 1.28. The highest BCUT2D eigenvalue weighted by molar-refractivity contribution is 5.86. The molecular formula is C22H26N4O2. The van der Waals surface area contributed by atoms with Gasteiger partial charge in [0, 0.05) is 63.5 Å². The highest BCUT2D eigenvalue weighted by Crippen LogP contribution is 2.34. The van der Waals surface area contributed by atoms with E-state index >= 15 is 0 Å². The van der Waals surface area contributed by atoms with Crippen molar-refractivity contribution < 1.29 is 4.74 Å². The van der Waals surface area contributed by atoms with Crippen LogP contribution in [-0.4, -0.2) is 33.3 Å². The van der Waals surface area contributed by atoms with Crippen molar-refractivity contribution in [1.82, 2.24) is 14.1 Å². The van der Waals surface area contributed by atoms with E-state index in [0.29, 0.717) is 5.82 Å². The largest absolute Gasteiger partial charge is 0.490 e. The number of fused-ring (bicyclic) bond motifs is 1. The van der Waals surface area contributed by atoms with Crippen molar-refractivity contribution in [2.45, 2.75) is 38.3 Å². The molecule has 2 fully saturated rings. The molecule has 6 nitrogen and oxygen atoms in total. The maximum atomic E-state index is 12.3. The van der Waals surface area contributed by atoms with Gasteiger partial charge >= 0.3 is 0 Å². The number of hydrogen-bond donors (Lipinski definition) is 0. The van der Waals surface area contributed by atoms with Crippen LogP contribution in [0.1, 0.15) is 25.7 Å². The molecule has 1 aliphatic carbocycles. The van der Waals surface area contributed by atoms with Crippen LogP contribution >= 0.6 is 0 Å². The molecule has 0 unspecified atom stereocenters. The lowest BCUT2D eigenvalue weighted by Crippen LogP contribution is -2.41. The van der Waals surface area contributed by atoms with Crippen LogP contribution in [-0.2, 0) is 13.6 Å². The molecule has 1 saturated heterocycles. The maximum Gasteiger partial charge on any atom is 0.293 e. The van der Waals surface area contributed by atoms with E-state index in [0.717, 1.165) is 44.1 Å². The van der Waals surface area contributed by atoms with E-state index in [-0.39, 0.29) is 11.7 Å². The van der Waals surface area contributed by atoms with Crippen molar-refractivity contribution in [3.63, 3.8) is 0 Å². The molecule has 0 spiro atoms. The highest BCUT2D eigenvalue weighted by atomic mass is 16.5. The van der Waals surface area contributed by atoms with Gasteiger partial charge in [-0.3, -0.25) is 4.79 Å². The second kappa shape index (κ2) is 7.00. The third kappa shape index (κ3) is 3.28. The second-order valence-corrected chi connectivity index (χ2v) is 8.07. The van der Waals surface area contributed by atoms with Crippen LogP contribution in [0.2, 0.25) is 0 Å². The van der Waals surface area contributed by atoms with Gasteiger partial charge in [0.05, 0.1) is 5.52 Å². The Hall–Kier alpha value is -2.76. The molecule has 0 radical (unpaired) electrons. The monoisotopic (exact) mass is 378 g/mol. The summed E-state index contributed by atoms with van der Waals surface area (Å²) in [6.45, 7) is 2.69. The van der Waals surface area contributed by atoms with Crippen LogP contribution in [0.15, 0.2) is 47.7 Å². The van der Waals surface area contributed by atoms with Crippen LogP contribution in [0.25, 0.3) is 10.9 Å². The summed E-state index contributed by atoms with van der Waals surface area (Å²) in [6, 6.07) is 8.53. The van der Waals surface area contributed by atoms with Gasteiger partial charge in [0.25, 0.3) is 5.56 Å². The second-order valence-electron chi connectivity index (χ2n) is 8.07. The van der Waals surface area contributed by atoms with Gasteiger partial charge in [-0.2, -0.15) is 0 Å². The van der Waals surface area contributed by atoms with Crippen molar-refractivity contribution in [2.75, 3.05) is 18.0 Å². The van der Waals surface area contributed by atoms with E-state index in [1.165, 1.54) is 23.7 Å². The molecule has 1 aromatic carbocycles. The molecule has 0 N–H and O–H groups in total. The van der Waals surface area contributed by atoms with Crippen LogP contribution in [0.5, 0.6) is 5.75 Å². The number of ether oxygens (including phenoxy) is 1. The zero-order chi connectivity index (χ0) is 19.1. The van der Waals surface area contributed by atoms with Crippen molar-refractivity contribution in [2.24, 2.45) is 13.0 Å². The molecule has 3 heterocycles. The fraction of sp³-hybridized carbons (Fsp3) is 0.455. The van der Waals surface area contributed by atoms with Gasteiger partial charge in [0.15, 0.2) is 5.82 Å². The number of aryl methyl sites for hydroxylation is 1. The molecule has 1 aliphatic heterocycles. The van der Waals surface area contributed by atoms with Crippen molar-refractivity contribution in [3.8, 4) is 5.75 Å². The van der Waals surface area contributed by atoms with Crippen LogP contribution in [0.3, 0.4) is 0 Å². The quantitative estimate of drug-likeness (QED) is 0.684. The van der Waals surface area contributed by atoms with Gasteiger partial charge in [0.2, 0.25) is 0 Å². The third-order valence-corrected chi connectivity index (χ3v) is 5.96. The number of piperidine rings is 1. The van der Waals surface area contributed by atoms with E-state index in [2.05, 4.69) is 44.9 Å². The molecule has 3 aromatic rings. The number of rotatable bonds is 5. The number of anilines is 1. The zero-order valence-corrected chi connectivity index (χ0v) is 16.3. The molecule has 2 aliphatic rings. The Morgan fingerprint density at radius 2 is 1.93 bits per heavy atom. The van der Waals surface area contributed by atoms with E-state index < -0.39 is 0 Å². The predicted octanol–water partition coefficient (Wildman–Crippen LogP) is 3.19. The van der Waals surface area contributed by atoms with Crippen LogP contribution in [0.4, 0.5) is 5.82 Å². The Morgan fingerprint density at radius 3 is 2.71 bits per heavy atom. The number of benzene rings is 1. The standard InChI is InChI=1S/C22H26N4O2/c1-24-14-10-23-21(22(24)27)25-11-7-17(8-12-25)28-20-4-2-3-19-18(20)9-13-26(19)15-16-5-6-16/h2-4,9-10,13-14,16-17H,5-8,11-12,15H2,1H3. The average Bonchev–Trinajstić information content (AvgIpc) is 3.43. The van der Waals surface area contributed by atoms with Gasteiger partial charge in [-0.25, -0.2) is 4.98 Å². The van der Waals surface area contributed by atoms with Crippen molar-refractivity contribution >= 4 is 16.7 Å². The molecule has 146 valence electrons. The number of aromatic nitrogens is 3. The summed E-state index contributed by atoms with van der Waals surface area (Å²) >= 11 is 0. The fourth-order valence-corrected chi connectivity index (χ4v) is 4.10. The van der Waals surface area contributed by atoms with Gasteiger partial charge in [-0.1, -0.05) is 6.07 Å². The molecule has 28 heavy (non-hydrogen) atoms. The average molecular weight is 378 g/mol. The molecule has 5 rings (SSSR count). The fourth-order valence-electron chi connectivity index (χ4n) is 4.10. The summed E-state index contributed by atoms with van der Waals surface area (Å²) < 4.78 is 10.3. The lowest BCUT2D eigenvalue weighted by Gasteiger charge is -2.32. The Bertz CT molecular complexity index is 1040. The van der Waals surface area contributed by atoms with E-state index in [4.69, 9.17) is 4.74 Å². The van der Waals surface area contributed by atoms with Gasteiger partial charge in [0.1, 0.15) is 11.9 Å². The number of nitrogens with zero attached hydrogens (tertiary/aromatic N) is 4. The molecule has 0 amide bonds.